The highest BCUT2D eigenvalue weighted by Crippen LogP contribution is 2.16. The molecule has 1 unspecified atom stereocenters. The highest BCUT2D eigenvalue weighted by molar-refractivity contribution is 6.17. The predicted molar refractivity (Wildman–Crippen MR) is 73.2 cm³/mol. The van der Waals surface area contributed by atoms with Crippen LogP contribution in [-0.4, -0.2) is 12.5 Å². The van der Waals surface area contributed by atoms with Crippen LogP contribution in [0.25, 0.3) is 0 Å². The number of rotatable bonds is 6. The fourth-order valence-electron chi connectivity index (χ4n) is 1.44. The van der Waals surface area contributed by atoms with Crippen LogP contribution in [0.5, 0.6) is 0 Å². The Morgan fingerprint density at radius 2 is 2.06 bits per heavy atom. The molecule has 0 aliphatic heterocycles. The fraction of sp³-hybridized carbons (Fsp3) is 0.467. The third kappa shape index (κ3) is 5.77. The van der Waals surface area contributed by atoms with Crippen LogP contribution in [0.4, 0.5) is 0 Å². The molecule has 1 rings (SSSR count). The first-order valence-corrected chi connectivity index (χ1v) is 6.62. The van der Waals surface area contributed by atoms with E-state index >= 15 is 0 Å². The summed E-state index contributed by atoms with van der Waals surface area (Å²) in [5.41, 5.74) is 1.10. The van der Waals surface area contributed by atoms with Gasteiger partial charge in [-0.3, -0.25) is 0 Å². The largest absolute Gasteiger partial charge is 0.360 e. The molecule has 0 amide bonds. The molecule has 0 heterocycles. The van der Waals surface area contributed by atoms with Crippen molar-refractivity contribution < 1.29 is 4.74 Å². The number of halogens is 1. The van der Waals surface area contributed by atoms with Crippen LogP contribution >= 0.6 is 11.6 Å². The van der Waals surface area contributed by atoms with Crippen LogP contribution in [-0.2, 0) is 4.74 Å². The number of ether oxygens (including phenoxy) is 1. The van der Waals surface area contributed by atoms with E-state index in [1.54, 1.807) is 0 Å². The zero-order valence-corrected chi connectivity index (χ0v) is 11.0. The lowest BCUT2D eigenvalue weighted by atomic mass is 10.1. The number of alkyl halides is 1. The summed E-state index contributed by atoms with van der Waals surface area (Å²) in [6, 6.07) is 10.1. The van der Waals surface area contributed by atoms with Crippen molar-refractivity contribution in [3.05, 3.63) is 35.9 Å². The van der Waals surface area contributed by atoms with E-state index in [9.17, 15) is 0 Å². The van der Waals surface area contributed by atoms with Gasteiger partial charge >= 0.3 is 0 Å². The Kier molecular flexibility index (Phi) is 7.54. The zero-order chi connectivity index (χ0) is 12.3. The Hall–Kier alpha value is -0.970. The maximum absolute atomic E-state index is 5.65. The molecule has 0 spiro atoms. The lowest BCUT2D eigenvalue weighted by Gasteiger charge is -2.11. The summed E-state index contributed by atoms with van der Waals surface area (Å²) in [6.45, 7) is 2.70. The van der Waals surface area contributed by atoms with Gasteiger partial charge in [-0.1, -0.05) is 49.6 Å². The van der Waals surface area contributed by atoms with Crippen molar-refractivity contribution in [1.82, 2.24) is 0 Å². The van der Waals surface area contributed by atoms with Crippen molar-refractivity contribution >= 4 is 11.6 Å². The van der Waals surface area contributed by atoms with E-state index in [-0.39, 0.29) is 6.10 Å². The van der Waals surface area contributed by atoms with E-state index in [0.717, 1.165) is 18.4 Å². The smallest absolute Gasteiger partial charge is 0.143 e. The summed E-state index contributed by atoms with van der Waals surface area (Å²) < 4.78 is 5.65. The van der Waals surface area contributed by atoms with E-state index in [0.29, 0.717) is 12.5 Å². The first-order chi connectivity index (χ1) is 8.38. The minimum atomic E-state index is -0.146. The van der Waals surface area contributed by atoms with E-state index in [2.05, 4.69) is 18.8 Å². The summed E-state index contributed by atoms with van der Waals surface area (Å²) in [5.74, 6) is 6.85. The molecule has 0 N–H and O–H groups in total. The highest BCUT2D eigenvalue weighted by atomic mass is 35.5. The van der Waals surface area contributed by atoms with Gasteiger partial charge in [-0.25, -0.2) is 0 Å². The second-order valence-corrected chi connectivity index (χ2v) is 4.15. The summed E-state index contributed by atoms with van der Waals surface area (Å²) >= 11 is 5.64. The van der Waals surface area contributed by atoms with Gasteiger partial charge in [0.25, 0.3) is 0 Å². The highest BCUT2D eigenvalue weighted by Gasteiger charge is 2.07. The van der Waals surface area contributed by atoms with Crippen LogP contribution in [0.15, 0.2) is 30.3 Å². The average Bonchev–Trinajstić information content (AvgIpc) is 2.39. The molecule has 0 aromatic heterocycles. The normalized spacial score (nSPS) is 11.6. The van der Waals surface area contributed by atoms with Crippen LogP contribution < -0.4 is 0 Å². The van der Waals surface area contributed by atoms with Gasteiger partial charge in [-0.15, -0.1) is 17.5 Å². The lowest BCUT2D eigenvalue weighted by Crippen LogP contribution is -2.04. The van der Waals surface area contributed by atoms with Crippen molar-refractivity contribution in [3.8, 4) is 11.8 Å². The van der Waals surface area contributed by atoms with Gasteiger partial charge in [-0.2, -0.15) is 0 Å². The maximum atomic E-state index is 5.65. The van der Waals surface area contributed by atoms with Crippen LogP contribution in [0.2, 0.25) is 0 Å². The third-order valence-corrected chi connectivity index (χ3v) is 2.51. The first kappa shape index (κ1) is 14.1. The topological polar surface area (TPSA) is 9.23 Å². The quantitative estimate of drug-likeness (QED) is 0.418. The average molecular weight is 251 g/mol. The summed E-state index contributed by atoms with van der Waals surface area (Å²) in [7, 11) is 0. The van der Waals surface area contributed by atoms with Crippen molar-refractivity contribution in [2.24, 2.45) is 0 Å². The van der Waals surface area contributed by atoms with Crippen molar-refractivity contribution in [3.63, 3.8) is 0 Å². The monoisotopic (exact) mass is 250 g/mol. The molecule has 0 radical (unpaired) electrons. The summed E-state index contributed by atoms with van der Waals surface area (Å²) in [5, 5.41) is 0. The van der Waals surface area contributed by atoms with Gasteiger partial charge in [-0.05, 0) is 12.0 Å². The molecule has 0 saturated heterocycles. The maximum Gasteiger partial charge on any atom is 0.143 e. The molecule has 0 bridgehead atoms. The Bertz CT molecular complexity index is 350. The van der Waals surface area contributed by atoms with Gasteiger partial charge < -0.3 is 4.74 Å². The molecule has 92 valence electrons. The number of hydrogen-bond acceptors (Lipinski definition) is 1. The Morgan fingerprint density at radius 3 is 2.71 bits per heavy atom. The SMILES string of the molecule is CCCCC#CC(OCCCl)c1ccccc1. The molecule has 0 saturated carbocycles. The second-order valence-electron chi connectivity index (χ2n) is 3.78. The van der Waals surface area contributed by atoms with Crippen molar-refractivity contribution in [2.75, 3.05) is 12.5 Å². The van der Waals surface area contributed by atoms with Gasteiger partial charge in [0.15, 0.2) is 0 Å². The molecule has 1 atom stereocenters. The standard InChI is InChI=1S/C15H19ClO/c1-2-3-4-8-11-15(17-13-12-16)14-9-6-5-7-10-14/h5-7,9-10,15H,2-4,12-13H2,1H3. The molecule has 1 nitrogen and oxygen atoms in total. The Labute approximate surface area is 109 Å². The van der Waals surface area contributed by atoms with Gasteiger partial charge in [0.2, 0.25) is 0 Å². The van der Waals surface area contributed by atoms with Crippen molar-refractivity contribution in [2.45, 2.75) is 32.3 Å². The minimum absolute atomic E-state index is 0.146. The molecule has 1 aromatic carbocycles. The van der Waals surface area contributed by atoms with Crippen LogP contribution in [0.3, 0.4) is 0 Å². The van der Waals surface area contributed by atoms with Crippen LogP contribution in [0.1, 0.15) is 37.9 Å². The van der Waals surface area contributed by atoms with Gasteiger partial charge in [0, 0.05) is 12.3 Å². The van der Waals surface area contributed by atoms with Crippen LogP contribution in [0, 0.1) is 11.8 Å². The van der Waals surface area contributed by atoms with E-state index in [4.69, 9.17) is 16.3 Å². The Morgan fingerprint density at radius 1 is 1.29 bits per heavy atom. The predicted octanol–water partition coefficient (Wildman–Crippen LogP) is 4.18. The minimum Gasteiger partial charge on any atom is -0.360 e. The second kappa shape index (κ2) is 9.10. The van der Waals surface area contributed by atoms with E-state index in [1.165, 1.54) is 6.42 Å². The number of hydrogen-bond donors (Lipinski definition) is 0. The first-order valence-electron chi connectivity index (χ1n) is 6.09. The van der Waals surface area contributed by atoms with Crippen molar-refractivity contribution in [1.29, 1.82) is 0 Å². The fourth-order valence-corrected chi connectivity index (χ4v) is 1.53. The van der Waals surface area contributed by atoms with Gasteiger partial charge in [0.05, 0.1) is 6.61 Å². The molecule has 0 aliphatic carbocycles. The van der Waals surface area contributed by atoms with E-state index in [1.807, 2.05) is 30.3 Å². The molecule has 1 aromatic rings. The molecule has 2 heteroatoms. The molecular weight excluding hydrogens is 232 g/mol. The summed E-state index contributed by atoms with van der Waals surface area (Å²) in [6.07, 6.45) is 3.10. The third-order valence-electron chi connectivity index (χ3n) is 2.35. The zero-order valence-electron chi connectivity index (χ0n) is 10.3. The number of benzene rings is 1. The number of unbranched alkanes of at least 4 members (excludes halogenated alkanes) is 2. The lowest BCUT2D eigenvalue weighted by molar-refractivity contribution is 0.105. The molecule has 17 heavy (non-hydrogen) atoms. The molecule has 0 aliphatic rings. The molecular formula is C15H19ClO. The van der Waals surface area contributed by atoms with E-state index < -0.39 is 0 Å². The summed E-state index contributed by atoms with van der Waals surface area (Å²) in [4.78, 5) is 0. The Balaban J connectivity index is 2.62. The molecule has 0 fully saturated rings. The van der Waals surface area contributed by atoms with Gasteiger partial charge in [0.1, 0.15) is 6.10 Å².